The summed E-state index contributed by atoms with van der Waals surface area (Å²) >= 11 is 6.38. The first-order chi connectivity index (χ1) is 14.4. The normalized spacial score (nSPS) is 14.4. The molecule has 7 nitrogen and oxygen atoms in total. The van der Waals surface area contributed by atoms with E-state index in [0.29, 0.717) is 47.4 Å². The van der Waals surface area contributed by atoms with Gasteiger partial charge < -0.3 is 25.0 Å². The van der Waals surface area contributed by atoms with Gasteiger partial charge in [0.15, 0.2) is 11.5 Å². The molecule has 1 heterocycles. The average Bonchev–Trinajstić information content (AvgIpc) is 3.17. The molecule has 0 aromatic heterocycles. The van der Waals surface area contributed by atoms with E-state index in [4.69, 9.17) is 21.1 Å². The molecule has 0 saturated carbocycles. The first-order valence-electron chi connectivity index (χ1n) is 9.78. The largest absolute Gasteiger partial charge is 0.493 e. The zero-order chi connectivity index (χ0) is 21.7. The Morgan fingerprint density at radius 2 is 1.93 bits per heavy atom. The van der Waals surface area contributed by atoms with Crippen LogP contribution in [-0.4, -0.2) is 38.6 Å². The number of ether oxygens (including phenoxy) is 2. The van der Waals surface area contributed by atoms with Gasteiger partial charge in [-0.1, -0.05) is 17.7 Å². The van der Waals surface area contributed by atoms with E-state index in [1.807, 2.05) is 24.3 Å². The Morgan fingerprint density at radius 3 is 2.57 bits per heavy atom. The van der Waals surface area contributed by atoms with Crippen molar-refractivity contribution in [1.82, 2.24) is 5.32 Å². The number of hydrogen-bond donors (Lipinski definition) is 2. The van der Waals surface area contributed by atoms with Gasteiger partial charge >= 0.3 is 0 Å². The second-order valence-electron chi connectivity index (χ2n) is 7.09. The van der Waals surface area contributed by atoms with Gasteiger partial charge in [0, 0.05) is 25.2 Å². The number of rotatable bonds is 8. The number of nitrogens with zero attached hydrogens (tertiary/aromatic N) is 1. The average molecular weight is 432 g/mol. The maximum Gasteiger partial charge on any atom is 0.242 e. The lowest BCUT2D eigenvalue weighted by Crippen LogP contribution is -2.37. The SMILES string of the molecule is COc1ccc(CNC(=O)[C@@H](C)Nc2ccc(N3CCCC3=O)c(Cl)c2)cc1OC. The molecule has 8 heteroatoms. The molecule has 0 bridgehead atoms. The molecule has 0 radical (unpaired) electrons. The molecule has 1 saturated heterocycles. The zero-order valence-corrected chi connectivity index (χ0v) is 18.1. The summed E-state index contributed by atoms with van der Waals surface area (Å²) in [6.07, 6.45) is 1.39. The van der Waals surface area contributed by atoms with E-state index in [9.17, 15) is 9.59 Å². The van der Waals surface area contributed by atoms with Crippen molar-refractivity contribution in [3.63, 3.8) is 0 Å². The minimum atomic E-state index is -0.472. The lowest BCUT2D eigenvalue weighted by atomic mass is 10.2. The second-order valence-corrected chi connectivity index (χ2v) is 7.50. The summed E-state index contributed by atoms with van der Waals surface area (Å²) in [4.78, 5) is 26.1. The van der Waals surface area contributed by atoms with Crippen molar-refractivity contribution in [3.05, 3.63) is 47.0 Å². The standard InChI is InChI=1S/C22H26ClN3O4/c1-14(22(28)24-13-15-6-9-19(29-2)20(11-15)30-3)25-16-7-8-18(17(23)12-16)26-10-4-5-21(26)27/h6-9,11-12,14,25H,4-5,10,13H2,1-3H3,(H,24,28)/t14-/m1/s1. The Bertz CT molecular complexity index is 935. The van der Waals surface area contributed by atoms with Crippen LogP contribution in [0.2, 0.25) is 5.02 Å². The van der Waals surface area contributed by atoms with Gasteiger partial charge in [-0.3, -0.25) is 9.59 Å². The molecule has 0 unspecified atom stereocenters. The van der Waals surface area contributed by atoms with E-state index in [-0.39, 0.29) is 11.8 Å². The number of halogens is 1. The van der Waals surface area contributed by atoms with Crippen molar-refractivity contribution >= 4 is 34.8 Å². The maximum absolute atomic E-state index is 12.5. The highest BCUT2D eigenvalue weighted by atomic mass is 35.5. The van der Waals surface area contributed by atoms with Crippen molar-refractivity contribution in [2.24, 2.45) is 0 Å². The summed E-state index contributed by atoms with van der Waals surface area (Å²) in [5.41, 5.74) is 2.32. The lowest BCUT2D eigenvalue weighted by Gasteiger charge is -2.20. The smallest absolute Gasteiger partial charge is 0.242 e. The summed E-state index contributed by atoms with van der Waals surface area (Å²) in [7, 11) is 3.15. The molecule has 2 aromatic carbocycles. The number of hydrogen-bond acceptors (Lipinski definition) is 5. The number of methoxy groups -OCH3 is 2. The van der Waals surface area contributed by atoms with Crippen LogP contribution in [0.4, 0.5) is 11.4 Å². The third-order valence-corrected chi connectivity index (χ3v) is 5.31. The van der Waals surface area contributed by atoms with E-state index in [1.165, 1.54) is 0 Å². The van der Waals surface area contributed by atoms with Crippen LogP contribution in [0.15, 0.2) is 36.4 Å². The van der Waals surface area contributed by atoms with Gasteiger partial charge in [0.25, 0.3) is 0 Å². The summed E-state index contributed by atoms with van der Waals surface area (Å²) < 4.78 is 10.5. The highest BCUT2D eigenvalue weighted by Gasteiger charge is 2.24. The van der Waals surface area contributed by atoms with E-state index in [0.717, 1.165) is 12.0 Å². The summed E-state index contributed by atoms with van der Waals surface area (Å²) in [6, 6.07) is 10.4. The van der Waals surface area contributed by atoms with Gasteiger partial charge in [-0.2, -0.15) is 0 Å². The molecule has 1 aliphatic rings. The number of amides is 2. The number of carbonyl (C=O) groups is 2. The molecule has 2 amide bonds. The van der Waals surface area contributed by atoms with E-state index in [1.54, 1.807) is 38.2 Å². The van der Waals surface area contributed by atoms with Crippen LogP contribution in [0.1, 0.15) is 25.3 Å². The van der Waals surface area contributed by atoms with Crippen LogP contribution in [-0.2, 0) is 16.1 Å². The maximum atomic E-state index is 12.5. The minimum absolute atomic E-state index is 0.0838. The van der Waals surface area contributed by atoms with Crippen molar-refractivity contribution in [1.29, 1.82) is 0 Å². The zero-order valence-electron chi connectivity index (χ0n) is 17.3. The first kappa shape index (κ1) is 21.8. The Morgan fingerprint density at radius 1 is 1.17 bits per heavy atom. The van der Waals surface area contributed by atoms with Crippen molar-refractivity contribution in [2.75, 3.05) is 31.0 Å². The number of anilines is 2. The molecule has 3 rings (SSSR count). The fraction of sp³-hybridized carbons (Fsp3) is 0.364. The predicted octanol–water partition coefficient (Wildman–Crippen LogP) is 3.60. The monoisotopic (exact) mass is 431 g/mol. The molecule has 2 aromatic rings. The van der Waals surface area contributed by atoms with Gasteiger partial charge in [0.05, 0.1) is 24.9 Å². The Labute approximate surface area is 181 Å². The Kier molecular flexibility index (Phi) is 7.05. The highest BCUT2D eigenvalue weighted by molar-refractivity contribution is 6.34. The number of nitrogens with one attached hydrogen (secondary N) is 2. The van der Waals surface area contributed by atoms with Crippen LogP contribution in [0.3, 0.4) is 0 Å². The predicted molar refractivity (Wildman–Crippen MR) is 118 cm³/mol. The van der Waals surface area contributed by atoms with E-state index in [2.05, 4.69) is 10.6 Å². The van der Waals surface area contributed by atoms with Crippen LogP contribution >= 0.6 is 11.6 Å². The van der Waals surface area contributed by atoms with Crippen molar-refractivity contribution < 1.29 is 19.1 Å². The molecule has 1 fully saturated rings. The topological polar surface area (TPSA) is 79.9 Å². The van der Waals surface area contributed by atoms with Gasteiger partial charge in [0.2, 0.25) is 11.8 Å². The van der Waals surface area contributed by atoms with Crippen molar-refractivity contribution in [3.8, 4) is 11.5 Å². The van der Waals surface area contributed by atoms with Gasteiger partial charge in [0.1, 0.15) is 6.04 Å². The van der Waals surface area contributed by atoms with E-state index >= 15 is 0 Å². The lowest BCUT2D eigenvalue weighted by molar-refractivity contribution is -0.121. The first-order valence-corrected chi connectivity index (χ1v) is 10.2. The van der Waals surface area contributed by atoms with Gasteiger partial charge in [-0.15, -0.1) is 0 Å². The summed E-state index contributed by atoms with van der Waals surface area (Å²) in [5.74, 6) is 1.18. The van der Waals surface area contributed by atoms with Crippen LogP contribution in [0.25, 0.3) is 0 Å². The highest BCUT2D eigenvalue weighted by Crippen LogP contribution is 2.32. The summed E-state index contributed by atoms with van der Waals surface area (Å²) in [5, 5.41) is 6.52. The second kappa shape index (κ2) is 9.71. The molecule has 30 heavy (non-hydrogen) atoms. The molecule has 1 aliphatic heterocycles. The van der Waals surface area contributed by atoms with E-state index < -0.39 is 6.04 Å². The van der Waals surface area contributed by atoms with Gasteiger partial charge in [-0.05, 0) is 49.2 Å². The third-order valence-electron chi connectivity index (χ3n) is 5.00. The van der Waals surface area contributed by atoms with Gasteiger partial charge in [-0.25, -0.2) is 0 Å². The third kappa shape index (κ3) is 4.97. The minimum Gasteiger partial charge on any atom is -0.493 e. The molecular formula is C22H26ClN3O4. The molecule has 0 spiro atoms. The number of benzene rings is 2. The van der Waals surface area contributed by atoms with Crippen LogP contribution in [0.5, 0.6) is 11.5 Å². The van der Waals surface area contributed by atoms with Crippen LogP contribution in [0, 0.1) is 0 Å². The Balaban J connectivity index is 1.58. The molecular weight excluding hydrogens is 406 g/mol. The number of carbonyl (C=O) groups excluding carboxylic acids is 2. The Hall–Kier alpha value is -2.93. The fourth-order valence-corrected chi connectivity index (χ4v) is 3.65. The molecule has 160 valence electrons. The molecule has 0 aliphatic carbocycles. The molecule has 2 N–H and O–H groups in total. The summed E-state index contributed by atoms with van der Waals surface area (Å²) in [6.45, 7) is 2.82. The van der Waals surface area contributed by atoms with Crippen LogP contribution < -0.4 is 25.0 Å². The quantitative estimate of drug-likeness (QED) is 0.667. The molecule has 1 atom stereocenters. The fourth-order valence-electron chi connectivity index (χ4n) is 3.37. The van der Waals surface area contributed by atoms with Crippen molar-refractivity contribution in [2.45, 2.75) is 32.4 Å².